The average Bonchev–Trinajstić information content (AvgIpc) is 2.76. The Bertz CT molecular complexity index is 623. The number of halogens is 1. The van der Waals surface area contributed by atoms with Gasteiger partial charge < -0.3 is 10.4 Å². The van der Waals surface area contributed by atoms with E-state index in [2.05, 4.69) is 32.9 Å². The summed E-state index contributed by atoms with van der Waals surface area (Å²) in [6.45, 7) is 1.33. The second kappa shape index (κ2) is 5.66. The molecular weight excluding hydrogens is 379 g/mol. The summed E-state index contributed by atoms with van der Waals surface area (Å²) < 4.78 is 0.983. The lowest BCUT2D eigenvalue weighted by Gasteiger charge is -2.03. The minimum atomic E-state index is -1.20. The van der Waals surface area contributed by atoms with Gasteiger partial charge in [0.05, 0.1) is 5.69 Å². The molecule has 1 aromatic heterocycles. The molecule has 2 aromatic rings. The number of anilines is 2. The van der Waals surface area contributed by atoms with Gasteiger partial charge in [-0.15, -0.1) is 0 Å². The lowest BCUT2D eigenvalue weighted by Crippen LogP contribution is -2.03. The highest BCUT2D eigenvalue weighted by Gasteiger charge is 2.20. The number of rotatable bonds is 4. The fourth-order valence-electron chi connectivity index (χ4n) is 1.43. The van der Waals surface area contributed by atoms with E-state index in [4.69, 9.17) is 5.11 Å². The Balaban J connectivity index is 2.37. The van der Waals surface area contributed by atoms with Crippen molar-refractivity contribution in [1.82, 2.24) is 4.98 Å². The Morgan fingerprint density at radius 1 is 1.37 bits per heavy atom. The van der Waals surface area contributed by atoms with Gasteiger partial charge in [0.1, 0.15) is 4.88 Å². The van der Waals surface area contributed by atoms with Crippen LogP contribution in [0.25, 0.3) is 0 Å². The number of nitrogens with zero attached hydrogens (tertiary/aromatic N) is 1. The van der Waals surface area contributed by atoms with Gasteiger partial charge in [-0.05, 0) is 34.7 Å². The molecule has 0 spiro atoms. The molecule has 1 heterocycles. The van der Waals surface area contributed by atoms with E-state index in [0.29, 0.717) is 5.13 Å². The highest BCUT2D eigenvalue weighted by Crippen LogP contribution is 2.28. The maximum atomic E-state index is 11.4. The van der Waals surface area contributed by atoms with E-state index in [1.165, 1.54) is 6.92 Å². The third kappa shape index (κ3) is 3.10. The molecule has 98 valence electrons. The molecular formula is C12H9IN2O3S. The normalized spacial score (nSPS) is 10.2. The fraction of sp³-hybridized carbons (Fsp3) is 0.0833. The number of thiazole rings is 1. The molecule has 19 heavy (non-hydrogen) atoms. The number of Topliss-reactive ketones (excluding diaryl/α,β-unsaturated/α-hetero) is 1. The van der Waals surface area contributed by atoms with Crippen molar-refractivity contribution in [3.63, 3.8) is 0 Å². The lowest BCUT2D eigenvalue weighted by molar-refractivity contribution is 0.0687. The molecule has 0 saturated carbocycles. The third-order valence-corrected chi connectivity index (χ3v) is 4.28. The minimum Gasteiger partial charge on any atom is -0.476 e. The van der Waals surface area contributed by atoms with E-state index in [9.17, 15) is 9.59 Å². The van der Waals surface area contributed by atoms with E-state index in [0.717, 1.165) is 20.6 Å². The first-order valence-electron chi connectivity index (χ1n) is 5.25. The summed E-state index contributed by atoms with van der Waals surface area (Å²) in [5.41, 5.74) is 0.620. The van der Waals surface area contributed by atoms with Crippen molar-refractivity contribution in [2.75, 3.05) is 5.32 Å². The van der Waals surface area contributed by atoms with E-state index >= 15 is 0 Å². The van der Waals surface area contributed by atoms with E-state index in [1.807, 2.05) is 24.3 Å². The molecule has 7 heteroatoms. The third-order valence-electron chi connectivity index (χ3n) is 2.26. The number of aromatic carboxylic acids is 1. The molecule has 2 rings (SSSR count). The summed E-state index contributed by atoms with van der Waals surface area (Å²) in [7, 11) is 0. The Kier molecular flexibility index (Phi) is 4.15. The SMILES string of the molecule is CC(=O)c1sc(Nc2ccccc2I)nc1C(=O)O. The van der Waals surface area contributed by atoms with Crippen molar-refractivity contribution < 1.29 is 14.7 Å². The van der Waals surface area contributed by atoms with E-state index in [-0.39, 0.29) is 16.4 Å². The quantitative estimate of drug-likeness (QED) is 0.620. The molecule has 0 bridgehead atoms. The smallest absolute Gasteiger partial charge is 0.356 e. The number of carboxylic acid groups (broad SMARTS) is 1. The van der Waals surface area contributed by atoms with Crippen LogP contribution in [0.3, 0.4) is 0 Å². The number of carbonyl (C=O) groups is 2. The van der Waals surface area contributed by atoms with Gasteiger partial charge in [0, 0.05) is 10.5 Å². The first-order valence-corrected chi connectivity index (χ1v) is 7.15. The Hall–Kier alpha value is -1.48. The fourth-order valence-corrected chi connectivity index (χ4v) is 2.82. The van der Waals surface area contributed by atoms with Gasteiger partial charge in [-0.3, -0.25) is 4.79 Å². The number of hydrogen-bond donors (Lipinski definition) is 2. The Morgan fingerprint density at radius 2 is 2.05 bits per heavy atom. The Morgan fingerprint density at radius 3 is 2.58 bits per heavy atom. The number of aromatic nitrogens is 1. The van der Waals surface area contributed by atoms with Crippen LogP contribution in [0.5, 0.6) is 0 Å². The van der Waals surface area contributed by atoms with Crippen molar-refractivity contribution >= 4 is 56.5 Å². The number of para-hydroxylation sites is 1. The zero-order valence-electron chi connectivity index (χ0n) is 9.81. The van der Waals surface area contributed by atoms with Crippen molar-refractivity contribution in [3.05, 3.63) is 38.4 Å². The van der Waals surface area contributed by atoms with Gasteiger partial charge in [-0.25, -0.2) is 9.78 Å². The first kappa shape index (κ1) is 13.9. The number of ketones is 1. The van der Waals surface area contributed by atoms with Gasteiger partial charge >= 0.3 is 5.97 Å². The van der Waals surface area contributed by atoms with Crippen LogP contribution in [0.4, 0.5) is 10.8 Å². The minimum absolute atomic E-state index is 0.154. The molecule has 1 aromatic carbocycles. The summed E-state index contributed by atoms with van der Waals surface area (Å²) in [6, 6.07) is 7.54. The summed E-state index contributed by atoms with van der Waals surface area (Å²) in [5, 5.41) is 12.4. The van der Waals surface area contributed by atoms with Crippen molar-refractivity contribution in [2.24, 2.45) is 0 Å². The van der Waals surface area contributed by atoms with Gasteiger partial charge in [-0.2, -0.15) is 0 Å². The molecule has 0 unspecified atom stereocenters. The first-order chi connectivity index (χ1) is 8.99. The topological polar surface area (TPSA) is 79.3 Å². The molecule has 2 N–H and O–H groups in total. The van der Waals surface area contributed by atoms with Crippen LogP contribution >= 0.6 is 33.9 Å². The van der Waals surface area contributed by atoms with Crippen LogP contribution in [-0.2, 0) is 0 Å². The molecule has 5 nitrogen and oxygen atoms in total. The van der Waals surface area contributed by atoms with Gasteiger partial charge in [-0.1, -0.05) is 23.5 Å². The predicted molar refractivity (Wildman–Crippen MR) is 81.5 cm³/mol. The van der Waals surface area contributed by atoms with Gasteiger partial charge in [0.2, 0.25) is 0 Å². The average molecular weight is 388 g/mol. The number of carboxylic acids is 1. The van der Waals surface area contributed by atoms with Crippen molar-refractivity contribution in [1.29, 1.82) is 0 Å². The number of benzene rings is 1. The van der Waals surface area contributed by atoms with Crippen LogP contribution in [0.1, 0.15) is 27.1 Å². The molecule has 0 aliphatic rings. The molecule has 0 radical (unpaired) electrons. The molecule has 0 fully saturated rings. The highest BCUT2D eigenvalue weighted by molar-refractivity contribution is 14.1. The number of hydrogen-bond acceptors (Lipinski definition) is 5. The van der Waals surface area contributed by atoms with Gasteiger partial charge in [0.25, 0.3) is 0 Å². The monoisotopic (exact) mass is 388 g/mol. The van der Waals surface area contributed by atoms with Crippen LogP contribution < -0.4 is 5.32 Å². The molecule has 0 aliphatic heterocycles. The zero-order valence-corrected chi connectivity index (χ0v) is 12.8. The van der Waals surface area contributed by atoms with Gasteiger partial charge in [0.15, 0.2) is 16.6 Å². The molecule has 0 amide bonds. The summed E-state index contributed by atoms with van der Waals surface area (Å²) in [6.07, 6.45) is 0. The molecule has 0 saturated heterocycles. The second-order valence-electron chi connectivity index (χ2n) is 3.66. The summed E-state index contributed by atoms with van der Waals surface area (Å²) in [5.74, 6) is -1.50. The summed E-state index contributed by atoms with van der Waals surface area (Å²) >= 11 is 3.20. The standard InChI is InChI=1S/C12H9IN2O3S/c1-6(16)10-9(11(17)18)15-12(19-10)14-8-5-3-2-4-7(8)13/h2-5H,1H3,(H,14,15)(H,17,18). The van der Waals surface area contributed by atoms with E-state index < -0.39 is 5.97 Å². The maximum Gasteiger partial charge on any atom is 0.356 e. The van der Waals surface area contributed by atoms with Crippen LogP contribution in [0, 0.1) is 3.57 Å². The second-order valence-corrected chi connectivity index (χ2v) is 5.82. The lowest BCUT2D eigenvalue weighted by atomic mass is 10.3. The zero-order chi connectivity index (χ0) is 14.0. The van der Waals surface area contributed by atoms with E-state index in [1.54, 1.807) is 0 Å². The van der Waals surface area contributed by atoms with Crippen molar-refractivity contribution in [3.8, 4) is 0 Å². The highest BCUT2D eigenvalue weighted by atomic mass is 127. The number of nitrogens with one attached hydrogen (secondary N) is 1. The van der Waals surface area contributed by atoms with Crippen LogP contribution in [0.2, 0.25) is 0 Å². The summed E-state index contributed by atoms with van der Waals surface area (Å²) in [4.78, 5) is 26.5. The van der Waals surface area contributed by atoms with Crippen LogP contribution in [-0.4, -0.2) is 21.8 Å². The Labute approximate surface area is 126 Å². The maximum absolute atomic E-state index is 11.4. The van der Waals surface area contributed by atoms with Crippen molar-refractivity contribution in [2.45, 2.75) is 6.92 Å². The van der Waals surface area contributed by atoms with Crippen LogP contribution in [0.15, 0.2) is 24.3 Å². The largest absolute Gasteiger partial charge is 0.476 e. The molecule has 0 aliphatic carbocycles. The number of carbonyl (C=O) groups excluding carboxylic acids is 1. The predicted octanol–water partition coefficient (Wildman–Crippen LogP) is 3.39. The molecule has 0 atom stereocenters.